The normalized spacial score (nSPS) is 19.6. The van der Waals surface area contributed by atoms with Crippen LogP contribution in [0.1, 0.15) is 27.7 Å². The summed E-state index contributed by atoms with van der Waals surface area (Å²) in [6.45, 7) is 10.7. The number of thioether (sulfide) groups is 1. The van der Waals surface area contributed by atoms with Crippen molar-refractivity contribution >= 4 is 16.9 Å². The minimum atomic E-state index is 0.320. The summed E-state index contributed by atoms with van der Waals surface area (Å²) in [5, 5.41) is 4.47. The van der Waals surface area contributed by atoms with Crippen LogP contribution in [0.25, 0.3) is 0 Å². The Bertz CT molecular complexity index is 250. The second-order valence-corrected chi connectivity index (χ2v) is 5.74. The van der Waals surface area contributed by atoms with Crippen molar-refractivity contribution < 1.29 is 0 Å². The van der Waals surface area contributed by atoms with Gasteiger partial charge in [0.05, 0.1) is 0 Å². The molecule has 1 heterocycles. The van der Waals surface area contributed by atoms with Crippen LogP contribution in [0.5, 0.6) is 0 Å². The van der Waals surface area contributed by atoms with Crippen molar-refractivity contribution in [2.24, 2.45) is 10.4 Å². The summed E-state index contributed by atoms with van der Waals surface area (Å²) in [5.74, 6) is 1.02. The molecule has 1 aliphatic heterocycles. The molecule has 0 aromatic heterocycles. The second-order valence-electron chi connectivity index (χ2n) is 4.73. The fraction of sp³-hybridized carbons (Fsp3) is 0.727. The Morgan fingerprint density at radius 2 is 2.29 bits per heavy atom. The molecular weight excluding hydrogens is 192 g/mol. The summed E-state index contributed by atoms with van der Waals surface area (Å²) < 4.78 is 0. The summed E-state index contributed by atoms with van der Waals surface area (Å²) in [5.41, 5.74) is 1.69. The van der Waals surface area contributed by atoms with Gasteiger partial charge >= 0.3 is 0 Å². The first-order valence-corrected chi connectivity index (χ1v) is 6.03. The van der Waals surface area contributed by atoms with Gasteiger partial charge in [-0.2, -0.15) is 0 Å². The van der Waals surface area contributed by atoms with Crippen LogP contribution < -0.4 is 5.32 Å². The Labute approximate surface area is 91.3 Å². The number of rotatable bonds is 2. The fourth-order valence-corrected chi connectivity index (χ4v) is 2.00. The van der Waals surface area contributed by atoms with Crippen LogP contribution in [-0.2, 0) is 0 Å². The molecule has 1 N–H and O–H groups in total. The summed E-state index contributed by atoms with van der Waals surface area (Å²) >= 11 is 1.79. The van der Waals surface area contributed by atoms with Crippen molar-refractivity contribution in [1.82, 2.24) is 5.32 Å². The van der Waals surface area contributed by atoms with Gasteiger partial charge in [0.2, 0.25) is 0 Å². The molecule has 0 aromatic carbocycles. The molecule has 0 spiro atoms. The molecule has 0 unspecified atom stereocenters. The zero-order valence-electron chi connectivity index (χ0n) is 9.55. The number of hydrogen-bond acceptors (Lipinski definition) is 3. The van der Waals surface area contributed by atoms with Gasteiger partial charge in [0.25, 0.3) is 0 Å². The molecule has 0 aliphatic carbocycles. The number of allylic oxidation sites excluding steroid dienone is 1. The molecule has 2 nitrogen and oxygen atoms in total. The van der Waals surface area contributed by atoms with E-state index >= 15 is 0 Å². The molecule has 0 radical (unpaired) electrons. The van der Waals surface area contributed by atoms with Gasteiger partial charge in [-0.25, -0.2) is 0 Å². The average molecular weight is 212 g/mol. The third-order valence-corrected chi connectivity index (χ3v) is 2.96. The van der Waals surface area contributed by atoms with Gasteiger partial charge in [0.15, 0.2) is 5.17 Å². The third kappa shape index (κ3) is 4.18. The van der Waals surface area contributed by atoms with Crippen molar-refractivity contribution in [3.8, 4) is 0 Å². The van der Waals surface area contributed by atoms with Crippen molar-refractivity contribution in [2.75, 3.05) is 18.8 Å². The molecule has 0 atom stereocenters. The molecule has 3 heteroatoms. The van der Waals surface area contributed by atoms with Gasteiger partial charge in [-0.05, 0) is 13.8 Å². The van der Waals surface area contributed by atoms with Crippen LogP contribution in [0.4, 0.5) is 0 Å². The topological polar surface area (TPSA) is 24.4 Å². The van der Waals surface area contributed by atoms with E-state index < -0.39 is 0 Å². The second kappa shape index (κ2) is 4.87. The quantitative estimate of drug-likeness (QED) is 0.712. The Balaban J connectivity index is 2.34. The molecule has 0 fully saturated rings. The first kappa shape index (κ1) is 11.6. The molecule has 80 valence electrons. The van der Waals surface area contributed by atoms with Crippen LogP contribution in [-0.4, -0.2) is 24.0 Å². The van der Waals surface area contributed by atoms with Gasteiger partial charge in [0.1, 0.15) is 0 Å². The molecule has 0 aromatic rings. The molecular formula is C11H20N2S. The maximum absolute atomic E-state index is 4.52. The van der Waals surface area contributed by atoms with E-state index in [0.717, 1.165) is 24.0 Å². The maximum atomic E-state index is 4.52. The lowest BCUT2D eigenvalue weighted by Crippen LogP contribution is -2.39. The Kier molecular flexibility index (Phi) is 4.05. The van der Waals surface area contributed by atoms with E-state index in [0.29, 0.717) is 5.41 Å². The summed E-state index contributed by atoms with van der Waals surface area (Å²) in [6.07, 6.45) is 2.23. The highest BCUT2D eigenvalue weighted by Gasteiger charge is 2.21. The van der Waals surface area contributed by atoms with Crippen molar-refractivity contribution in [3.63, 3.8) is 0 Å². The lowest BCUT2D eigenvalue weighted by atomic mass is 9.93. The minimum absolute atomic E-state index is 0.320. The van der Waals surface area contributed by atoms with Crippen molar-refractivity contribution in [1.29, 1.82) is 0 Å². The van der Waals surface area contributed by atoms with Crippen molar-refractivity contribution in [2.45, 2.75) is 27.7 Å². The highest BCUT2D eigenvalue weighted by atomic mass is 32.2. The largest absolute Gasteiger partial charge is 0.364 e. The fourth-order valence-electron chi connectivity index (χ4n) is 1.10. The van der Waals surface area contributed by atoms with E-state index in [4.69, 9.17) is 0 Å². The molecule has 0 saturated heterocycles. The smallest absolute Gasteiger partial charge is 0.156 e. The predicted molar refractivity (Wildman–Crippen MR) is 66.0 cm³/mol. The summed E-state index contributed by atoms with van der Waals surface area (Å²) in [7, 11) is 0. The van der Waals surface area contributed by atoms with E-state index in [9.17, 15) is 0 Å². The zero-order chi connectivity index (χ0) is 10.6. The van der Waals surface area contributed by atoms with Crippen LogP contribution >= 0.6 is 11.8 Å². The molecule has 14 heavy (non-hydrogen) atoms. The van der Waals surface area contributed by atoms with Gasteiger partial charge < -0.3 is 5.32 Å². The lowest BCUT2D eigenvalue weighted by Gasteiger charge is -2.28. The highest BCUT2D eigenvalue weighted by molar-refractivity contribution is 8.13. The van der Waals surface area contributed by atoms with E-state index in [-0.39, 0.29) is 0 Å². The third-order valence-electron chi connectivity index (χ3n) is 2.08. The van der Waals surface area contributed by atoms with Gasteiger partial charge in [-0.1, -0.05) is 37.3 Å². The highest BCUT2D eigenvalue weighted by Crippen LogP contribution is 2.19. The number of hydrogen-bond donors (Lipinski definition) is 1. The monoisotopic (exact) mass is 212 g/mol. The van der Waals surface area contributed by atoms with Crippen LogP contribution in [0, 0.1) is 5.41 Å². The van der Waals surface area contributed by atoms with E-state index in [1.165, 1.54) is 5.57 Å². The van der Waals surface area contributed by atoms with E-state index in [2.05, 4.69) is 44.1 Å². The Hall–Kier alpha value is -0.440. The number of nitrogens with zero attached hydrogens (tertiary/aromatic N) is 1. The Morgan fingerprint density at radius 1 is 1.57 bits per heavy atom. The average Bonchev–Trinajstić information content (AvgIpc) is 2.07. The standard InChI is InChI=1S/C11H20N2S/c1-9(2)5-6-14-10-12-7-11(3,4)8-13-10/h5H,6-8H2,1-4H3,(H,12,13). The van der Waals surface area contributed by atoms with Crippen LogP contribution in [0.2, 0.25) is 0 Å². The summed E-state index contributed by atoms with van der Waals surface area (Å²) in [4.78, 5) is 4.52. The minimum Gasteiger partial charge on any atom is -0.364 e. The number of aliphatic imine (C=N–C) groups is 1. The van der Waals surface area contributed by atoms with Crippen LogP contribution in [0.15, 0.2) is 16.6 Å². The van der Waals surface area contributed by atoms with Crippen LogP contribution in [0.3, 0.4) is 0 Å². The van der Waals surface area contributed by atoms with Gasteiger partial charge in [0, 0.05) is 24.3 Å². The Morgan fingerprint density at radius 3 is 2.79 bits per heavy atom. The lowest BCUT2D eigenvalue weighted by molar-refractivity contribution is 0.364. The van der Waals surface area contributed by atoms with Gasteiger partial charge in [-0.15, -0.1) is 0 Å². The van der Waals surface area contributed by atoms with E-state index in [1.807, 2.05) is 0 Å². The molecule has 1 aliphatic rings. The first-order chi connectivity index (χ1) is 6.49. The number of nitrogens with one attached hydrogen (secondary N) is 1. The van der Waals surface area contributed by atoms with Crippen molar-refractivity contribution in [3.05, 3.63) is 11.6 Å². The SMILES string of the molecule is CC(C)=CCSC1=NCC(C)(C)CN1. The molecule has 0 bridgehead atoms. The molecule has 0 amide bonds. The number of amidine groups is 1. The molecule has 1 rings (SSSR count). The molecule has 0 saturated carbocycles. The first-order valence-electron chi connectivity index (χ1n) is 5.04. The van der Waals surface area contributed by atoms with E-state index in [1.54, 1.807) is 11.8 Å². The maximum Gasteiger partial charge on any atom is 0.156 e. The zero-order valence-corrected chi connectivity index (χ0v) is 10.4. The predicted octanol–water partition coefficient (Wildman–Crippen LogP) is 2.67. The summed E-state index contributed by atoms with van der Waals surface area (Å²) in [6, 6.07) is 0. The van der Waals surface area contributed by atoms with Gasteiger partial charge in [-0.3, -0.25) is 4.99 Å².